The molecule has 7 nitrogen and oxygen atoms in total. The third-order valence-corrected chi connectivity index (χ3v) is 6.28. The molecule has 0 aliphatic carbocycles. The fraction of sp³-hybridized carbons (Fsp3) is 0.591. The minimum absolute atomic E-state index is 0. The molecule has 0 saturated carbocycles. The number of carbonyl (C=O) groups excluding carboxylic acids is 1. The van der Waals surface area contributed by atoms with Gasteiger partial charge in [0, 0.05) is 19.6 Å². The molecule has 3 heterocycles. The van der Waals surface area contributed by atoms with E-state index in [9.17, 15) is 4.79 Å². The van der Waals surface area contributed by atoms with Gasteiger partial charge in [-0.25, -0.2) is 4.68 Å². The molecule has 4 rings (SSSR count). The lowest BCUT2D eigenvalue weighted by atomic mass is 10.1. The third kappa shape index (κ3) is 6.65. The summed E-state index contributed by atoms with van der Waals surface area (Å²) >= 11 is 0. The standard InChI is InChI=1S/C22H32N6O.2ClH/c1-17-21(25-26-28(17)20-7-11-23-12-8-20)22(29)24-15-19-10-14-27(16-19)13-9-18-5-3-2-4-6-18;;/h2-6,19-20,23H,7-16H2,1H3,(H,24,29);2*1H. The molecule has 31 heavy (non-hydrogen) atoms. The molecule has 0 radical (unpaired) electrons. The smallest absolute Gasteiger partial charge is 0.273 e. The first kappa shape index (κ1) is 25.6. The van der Waals surface area contributed by atoms with Gasteiger partial charge in [0.25, 0.3) is 5.91 Å². The van der Waals surface area contributed by atoms with Gasteiger partial charge in [0.2, 0.25) is 0 Å². The summed E-state index contributed by atoms with van der Waals surface area (Å²) in [5.41, 5.74) is 2.74. The van der Waals surface area contributed by atoms with E-state index in [1.165, 1.54) is 5.56 Å². The maximum absolute atomic E-state index is 12.7. The van der Waals surface area contributed by atoms with Gasteiger partial charge in [-0.1, -0.05) is 35.5 Å². The predicted octanol–water partition coefficient (Wildman–Crippen LogP) is 2.65. The number of hydrogen-bond acceptors (Lipinski definition) is 5. The maximum Gasteiger partial charge on any atom is 0.273 e. The minimum atomic E-state index is -0.0922. The van der Waals surface area contributed by atoms with Crippen molar-refractivity contribution in [3.8, 4) is 0 Å². The zero-order valence-electron chi connectivity index (χ0n) is 18.1. The van der Waals surface area contributed by atoms with Crippen molar-refractivity contribution in [3.63, 3.8) is 0 Å². The van der Waals surface area contributed by atoms with Crippen molar-refractivity contribution in [1.82, 2.24) is 30.5 Å². The summed E-state index contributed by atoms with van der Waals surface area (Å²) in [5, 5.41) is 14.9. The van der Waals surface area contributed by atoms with Crippen LogP contribution in [0.4, 0.5) is 0 Å². The van der Waals surface area contributed by atoms with Gasteiger partial charge in [-0.3, -0.25) is 4.79 Å². The van der Waals surface area contributed by atoms with Crippen molar-refractivity contribution in [2.45, 2.75) is 38.6 Å². The number of rotatable bonds is 7. The molecule has 2 aromatic rings. The molecule has 0 bridgehead atoms. The largest absolute Gasteiger partial charge is 0.350 e. The highest BCUT2D eigenvalue weighted by Gasteiger charge is 2.25. The van der Waals surface area contributed by atoms with Gasteiger partial charge in [-0.15, -0.1) is 29.9 Å². The monoisotopic (exact) mass is 468 g/mol. The SMILES string of the molecule is Cc1c(C(=O)NCC2CCN(CCc3ccccc3)C2)nnn1C1CCNCC1.Cl.Cl. The average molecular weight is 469 g/mol. The van der Waals surface area contributed by atoms with Crippen LogP contribution in [0.3, 0.4) is 0 Å². The van der Waals surface area contributed by atoms with E-state index in [0.29, 0.717) is 24.2 Å². The third-order valence-electron chi connectivity index (χ3n) is 6.28. The van der Waals surface area contributed by atoms with Crippen LogP contribution in [-0.4, -0.2) is 65.1 Å². The molecule has 2 aliphatic heterocycles. The summed E-state index contributed by atoms with van der Waals surface area (Å²) in [6.45, 7) is 7.89. The zero-order valence-corrected chi connectivity index (χ0v) is 19.8. The second-order valence-corrected chi connectivity index (χ2v) is 8.35. The van der Waals surface area contributed by atoms with Crippen molar-refractivity contribution in [3.05, 3.63) is 47.3 Å². The highest BCUT2D eigenvalue weighted by atomic mass is 35.5. The lowest BCUT2D eigenvalue weighted by Gasteiger charge is -2.23. The Hall–Kier alpha value is -1.67. The average Bonchev–Trinajstić information content (AvgIpc) is 3.38. The number of halogens is 2. The number of hydrogen-bond donors (Lipinski definition) is 2. The van der Waals surface area contributed by atoms with E-state index in [0.717, 1.165) is 64.1 Å². The van der Waals surface area contributed by atoms with Gasteiger partial charge < -0.3 is 15.5 Å². The number of carbonyl (C=O) groups is 1. The summed E-state index contributed by atoms with van der Waals surface area (Å²) in [4.78, 5) is 15.2. The van der Waals surface area contributed by atoms with Gasteiger partial charge in [0.1, 0.15) is 0 Å². The van der Waals surface area contributed by atoms with Crippen LogP contribution in [0.5, 0.6) is 0 Å². The summed E-state index contributed by atoms with van der Waals surface area (Å²) in [6.07, 6.45) is 4.28. The Balaban J connectivity index is 0.00000171. The van der Waals surface area contributed by atoms with Crippen LogP contribution >= 0.6 is 24.8 Å². The quantitative estimate of drug-likeness (QED) is 0.652. The second kappa shape index (κ2) is 12.4. The van der Waals surface area contributed by atoms with Crippen molar-refractivity contribution < 1.29 is 4.79 Å². The molecule has 2 saturated heterocycles. The molecule has 1 amide bonds. The maximum atomic E-state index is 12.7. The van der Waals surface area contributed by atoms with E-state index in [-0.39, 0.29) is 30.7 Å². The van der Waals surface area contributed by atoms with Gasteiger partial charge >= 0.3 is 0 Å². The van der Waals surface area contributed by atoms with E-state index in [1.54, 1.807) is 0 Å². The highest BCUT2D eigenvalue weighted by Crippen LogP contribution is 2.20. The van der Waals surface area contributed by atoms with Crippen molar-refractivity contribution in [2.75, 3.05) is 39.3 Å². The Bertz CT molecular complexity index is 810. The predicted molar refractivity (Wildman–Crippen MR) is 127 cm³/mol. The number of nitrogens with zero attached hydrogens (tertiary/aromatic N) is 4. The molecule has 1 aromatic heterocycles. The second-order valence-electron chi connectivity index (χ2n) is 8.35. The van der Waals surface area contributed by atoms with Crippen LogP contribution in [-0.2, 0) is 6.42 Å². The van der Waals surface area contributed by atoms with E-state index >= 15 is 0 Å². The molecular weight excluding hydrogens is 435 g/mol. The number of benzene rings is 1. The molecule has 1 atom stereocenters. The Morgan fingerprint density at radius 1 is 1.16 bits per heavy atom. The molecule has 2 N–H and O–H groups in total. The first-order valence-corrected chi connectivity index (χ1v) is 10.9. The summed E-state index contributed by atoms with van der Waals surface area (Å²) in [6, 6.07) is 11.0. The molecule has 1 aromatic carbocycles. The number of likely N-dealkylation sites (tertiary alicyclic amines) is 1. The molecule has 1 unspecified atom stereocenters. The number of nitrogens with one attached hydrogen (secondary N) is 2. The molecule has 0 spiro atoms. The van der Waals surface area contributed by atoms with Crippen LogP contribution in [0.1, 0.15) is 47.1 Å². The molecule has 172 valence electrons. The fourth-order valence-corrected chi connectivity index (χ4v) is 4.48. The number of aromatic nitrogens is 3. The lowest BCUT2D eigenvalue weighted by molar-refractivity contribution is 0.0941. The Kier molecular flexibility index (Phi) is 10.2. The first-order chi connectivity index (χ1) is 14.2. The van der Waals surface area contributed by atoms with E-state index < -0.39 is 0 Å². The van der Waals surface area contributed by atoms with Crippen LogP contribution in [0.15, 0.2) is 30.3 Å². The van der Waals surface area contributed by atoms with Gasteiger partial charge in [0.05, 0.1) is 11.7 Å². The van der Waals surface area contributed by atoms with Crippen molar-refractivity contribution in [1.29, 1.82) is 0 Å². The number of piperidine rings is 1. The Morgan fingerprint density at radius 2 is 1.90 bits per heavy atom. The molecular formula is C22H34Cl2N6O. The van der Waals surface area contributed by atoms with Gasteiger partial charge in [-0.2, -0.15) is 0 Å². The highest BCUT2D eigenvalue weighted by molar-refractivity contribution is 5.93. The normalized spacial score (nSPS) is 19.5. The summed E-state index contributed by atoms with van der Waals surface area (Å²) < 4.78 is 1.94. The molecule has 2 fully saturated rings. The van der Waals surface area contributed by atoms with E-state index in [4.69, 9.17) is 0 Å². The van der Waals surface area contributed by atoms with Gasteiger partial charge in [-0.05, 0) is 63.7 Å². The number of amides is 1. The molecule has 9 heteroatoms. The first-order valence-electron chi connectivity index (χ1n) is 10.9. The van der Waals surface area contributed by atoms with Crippen LogP contribution in [0.2, 0.25) is 0 Å². The summed E-state index contributed by atoms with van der Waals surface area (Å²) in [7, 11) is 0. The van der Waals surface area contributed by atoms with E-state index in [2.05, 4.69) is 56.2 Å². The Labute approximate surface area is 197 Å². The zero-order chi connectivity index (χ0) is 20.1. The minimum Gasteiger partial charge on any atom is -0.350 e. The van der Waals surface area contributed by atoms with Gasteiger partial charge in [0.15, 0.2) is 5.69 Å². The van der Waals surface area contributed by atoms with Crippen molar-refractivity contribution >= 4 is 30.7 Å². The van der Waals surface area contributed by atoms with Crippen molar-refractivity contribution in [2.24, 2.45) is 5.92 Å². The van der Waals surface area contributed by atoms with Crippen LogP contribution in [0, 0.1) is 12.8 Å². The Morgan fingerprint density at radius 3 is 2.65 bits per heavy atom. The lowest BCUT2D eigenvalue weighted by Crippen LogP contribution is -2.32. The van der Waals surface area contributed by atoms with Crippen LogP contribution < -0.4 is 10.6 Å². The van der Waals surface area contributed by atoms with Crippen LogP contribution in [0.25, 0.3) is 0 Å². The molecule has 2 aliphatic rings. The fourth-order valence-electron chi connectivity index (χ4n) is 4.48. The summed E-state index contributed by atoms with van der Waals surface area (Å²) in [5.74, 6) is 0.417. The topological polar surface area (TPSA) is 75.1 Å². The van der Waals surface area contributed by atoms with E-state index in [1.807, 2.05) is 11.6 Å².